The number of fused-ring (bicyclic) bond motifs is 1. The van der Waals surface area contributed by atoms with Crippen LogP contribution in [0.5, 0.6) is 28.7 Å². The molecule has 35 heavy (non-hydrogen) atoms. The van der Waals surface area contributed by atoms with Gasteiger partial charge in [0.2, 0.25) is 0 Å². The van der Waals surface area contributed by atoms with Crippen LogP contribution in [-0.2, 0) is 6.42 Å². The van der Waals surface area contributed by atoms with Gasteiger partial charge < -0.3 is 28.9 Å². The Morgan fingerprint density at radius 2 is 1.71 bits per heavy atom. The Kier molecular flexibility index (Phi) is 5.97. The molecule has 0 saturated carbocycles. The summed E-state index contributed by atoms with van der Waals surface area (Å²) >= 11 is 0. The zero-order valence-corrected chi connectivity index (χ0v) is 19.1. The fourth-order valence-electron chi connectivity index (χ4n) is 3.94. The van der Waals surface area contributed by atoms with E-state index < -0.39 is 6.23 Å². The Hall–Kier alpha value is -4.53. The van der Waals surface area contributed by atoms with Crippen molar-refractivity contribution in [2.75, 3.05) is 14.2 Å². The first-order valence-corrected chi connectivity index (χ1v) is 10.9. The van der Waals surface area contributed by atoms with Gasteiger partial charge in [-0.1, -0.05) is 23.4 Å². The molecule has 0 fully saturated rings. The average molecular weight is 473 g/mol. The number of hydrogen-bond donors (Lipinski definition) is 2. The van der Waals surface area contributed by atoms with Gasteiger partial charge in [-0.2, -0.15) is 4.98 Å². The largest absolute Gasteiger partial charge is 0.504 e. The molecule has 2 heterocycles. The molecule has 3 aromatic carbocycles. The van der Waals surface area contributed by atoms with Crippen molar-refractivity contribution in [3.8, 4) is 40.2 Å². The van der Waals surface area contributed by atoms with Gasteiger partial charge in [0, 0.05) is 11.8 Å². The summed E-state index contributed by atoms with van der Waals surface area (Å²) in [6.07, 6.45) is 1.67. The maximum atomic E-state index is 9.87. The van der Waals surface area contributed by atoms with Crippen molar-refractivity contribution in [2.45, 2.75) is 18.6 Å². The van der Waals surface area contributed by atoms with Crippen LogP contribution in [0, 0.1) is 0 Å². The summed E-state index contributed by atoms with van der Waals surface area (Å²) in [6, 6.07) is 17.6. The highest BCUT2D eigenvalue weighted by Crippen LogP contribution is 2.37. The van der Waals surface area contributed by atoms with Gasteiger partial charge in [0.25, 0.3) is 5.89 Å². The summed E-state index contributed by atoms with van der Waals surface area (Å²) in [6.45, 7) is 0. The first kappa shape index (κ1) is 22.3. The first-order chi connectivity index (χ1) is 17.1. The number of benzene rings is 3. The fraction of sp³-hybridized carbons (Fsp3) is 0.192. The molecule has 1 aliphatic heterocycles. The second-order valence-corrected chi connectivity index (χ2v) is 7.98. The molecule has 178 valence electrons. The van der Waals surface area contributed by atoms with Gasteiger partial charge in [0.1, 0.15) is 5.75 Å². The third-order valence-corrected chi connectivity index (χ3v) is 5.78. The van der Waals surface area contributed by atoms with Crippen LogP contribution in [0.2, 0.25) is 0 Å². The third-order valence-electron chi connectivity index (χ3n) is 5.78. The molecule has 0 bridgehead atoms. The molecule has 0 saturated heterocycles. The predicted molar refractivity (Wildman–Crippen MR) is 128 cm³/mol. The Morgan fingerprint density at radius 3 is 2.51 bits per heavy atom. The molecular weight excluding hydrogens is 450 g/mol. The fourth-order valence-corrected chi connectivity index (χ4v) is 3.94. The van der Waals surface area contributed by atoms with Crippen LogP contribution in [0.15, 0.2) is 70.2 Å². The lowest BCUT2D eigenvalue weighted by atomic mass is 9.93. The molecule has 0 aliphatic carbocycles. The number of aliphatic imine (C=N–C) groups is 1. The number of aromatic hydroxyl groups is 2. The number of rotatable bonds is 6. The van der Waals surface area contributed by atoms with Crippen LogP contribution in [0.4, 0.5) is 0 Å². The van der Waals surface area contributed by atoms with Gasteiger partial charge in [0.15, 0.2) is 35.1 Å². The number of nitrogens with zero attached hydrogens (tertiary/aromatic N) is 3. The number of hydrogen-bond acceptors (Lipinski definition) is 9. The van der Waals surface area contributed by atoms with E-state index in [0.29, 0.717) is 35.2 Å². The second kappa shape index (κ2) is 9.38. The van der Waals surface area contributed by atoms with Crippen LogP contribution in [0.1, 0.15) is 22.9 Å². The molecule has 1 aromatic heterocycles. The molecule has 2 unspecified atom stereocenters. The number of ether oxygens (including phenoxy) is 3. The van der Waals surface area contributed by atoms with Crippen molar-refractivity contribution in [1.29, 1.82) is 0 Å². The minimum absolute atomic E-state index is 0.0218. The van der Waals surface area contributed by atoms with E-state index in [2.05, 4.69) is 15.1 Å². The van der Waals surface area contributed by atoms with Crippen molar-refractivity contribution >= 4 is 6.21 Å². The third kappa shape index (κ3) is 4.48. The van der Waals surface area contributed by atoms with E-state index in [1.54, 1.807) is 36.5 Å². The number of phenols is 2. The van der Waals surface area contributed by atoms with Gasteiger partial charge in [-0.05, 0) is 60.0 Å². The lowest BCUT2D eigenvalue weighted by Crippen LogP contribution is -2.30. The number of phenolic OH excluding ortho intramolecular Hbond substituents is 2. The monoisotopic (exact) mass is 473 g/mol. The standard InChI is InChI=1S/C26H23N3O6/c1-32-22-11-15(7-9-19(22)30)14-27-26-18(12-16-5-3-4-6-21(16)34-26)24-28-25(35-29-24)17-8-10-20(31)23(13-17)33-2/h3-11,13-14,18,26,30-31H,12H2,1-2H3. The molecule has 9 nitrogen and oxygen atoms in total. The van der Waals surface area contributed by atoms with Crippen molar-refractivity contribution in [3.63, 3.8) is 0 Å². The summed E-state index contributed by atoms with van der Waals surface area (Å²) < 4.78 is 22.1. The van der Waals surface area contributed by atoms with Crippen molar-refractivity contribution in [2.24, 2.45) is 4.99 Å². The topological polar surface area (TPSA) is 119 Å². The Bertz CT molecular complexity index is 1380. The highest BCUT2D eigenvalue weighted by Gasteiger charge is 2.34. The Balaban J connectivity index is 1.47. The molecule has 1 aliphatic rings. The summed E-state index contributed by atoms with van der Waals surface area (Å²) in [4.78, 5) is 9.28. The normalized spacial score (nSPS) is 17.1. The van der Waals surface area contributed by atoms with Crippen LogP contribution in [0.3, 0.4) is 0 Å². The Morgan fingerprint density at radius 1 is 0.971 bits per heavy atom. The summed E-state index contributed by atoms with van der Waals surface area (Å²) in [5, 5.41) is 23.9. The quantitative estimate of drug-likeness (QED) is 0.397. The zero-order valence-electron chi connectivity index (χ0n) is 19.1. The highest BCUT2D eigenvalue weighted by atomic mass is 16.5. The van der Waals surface area contributed by atoms with E-state index in [-0.39, 0.29) is 17.4 Å². The predicted octanol–water partition coefficient (Wildman–Crippen LogP) is 4.33. The molecular formula is C26H23N3O6. The van der Waals surface area contributed by atoms with Crippen molar-refractivity contribution < 1.29 is 28.9 Å². The summed E-state index contributed by atoms with van der Waals surface area (Å²) in [5.41, 5.74) is 2.38. The molecule has 4 aromatic rings. The number of para-hydroxylation sites is 1. The minimum Gasteiger partial charge on any atom is -0.504 e. The van der Waals surface area contributed by atoms with Gasteiger partial charge in [-0.15, -0.1) is 0 Å². The van der Waals surface area contributed by atoms with Gasteiger partial charge >= 0.3 is 0 Å². The van der Waals surface area contributed by atoms with Crippen LogP contribution >= 0.6 is 0 Å². The van der Waals surface area contributed by atoms with E-state index in [1.807, 2.05) is 24.3 Å². The molecule has 2 N–H and O–H groups in total. The summed E-state index contributed by atoms with van der Waals surface area (Å²) in [7, 11) is 2.96. The molecule has 0 amide bonds. The molecule has 0 spiro atoms. The average Bonchev–Trinajstić information content (AvgIpc) is 3.38. The van der Waals surface area contributed by atoms with E-state index in [1.165, 1.54) is 20.3 Å². The van der Waals surface area contributed by atoms with Gasteiger partial charge in [-0.25, -0.2) is 4.99 Å². The van der Waals surface area contributed by atoms with Crippen LogP contribution < -0.4 is 14.2 Å². The first-order valence-electron chi connectivity index (χ1n) is 10.9. The smallest absolute Gasteiger partial charge is 0.258 e. The number of aromatic nitrogens is 2. The van der Waals surface area contributed by atoms with E-state index in [0.717, 1.165) is 16.9 Å². The Labute approximate surface area is 201 Å². The maximum Gasteiger partial charge on any atom is 0.258 e. The van der Waals surface area contributed by atoms with E-state index >= 15 is 0 Å². The minimum atomic E-state index is -0.607. The molecule has 2 atom stereocenters. The number of methoxy groups -OCH3 is 2. The van der Waals surface area contributed by atoms with Crippen LogP contribution in [0.25, 0.3) is 11.5 Å². The van der Waals surface area contributed by atoms with Gasteiger partial charge in [0.05, 0.1) is 20.1 Å². The van der Waals surface area contributed by atoms with Crippen molar-refractivity contribution in [1.82, 2.24) is 10.1 Å². The second-order valence-electron chi connectivity index (χ2n) is 7.98. The molecule has 9 heteroatoms. The molecule has 5 rings (SSSR count). The van der Waals surface area contributed by atoms with Crippen LogP contribution in [-0.4, -0.2) is 47.0 Å². The van der Waals surface area contributed by atoms with Crippen molar-refractivity contribution in [3.05, 3.63) is 77.6 Å². The van der Waals surface area contributed by atoms with E-state index in [4.69, 9.17) is 18.7 Å². The van der Waals surface area contributed by atoms with Gasteiger partial charge in [-0.3, -0.25) is 0 Å². The summed E-state index contributed by atoms with van der Waals surface area (Å²) in [5.74, 6) is 1.92. The lowest BCUT2D eigenvalue weighted by Gasteiger charge is -2.29. The zero-order chi connectivity index (χ0) is 24.4. The maximum absolute atomic E-state index is 9.87. The van der Waals surface area contributed by atoms with E-state index in [9.17, 15) is 10.2 Å². The molecule has 0 radical (unpaired) electrons. The lowest BCUT2D eigenvalue weighted by molar-refractivity contribution is 0.153. The SMILES string of the molecule is COc1cc(C=NC2Oc3ccccc3CC2c2noc(-c3ccc(O)c(OC)c3)n2)ccc1O. The highest BCUT2D eigenvalue weighted by molar-refractivity contribution is 5.81.